The lowest BCUT2D eigenvalue weighted by molar-refractivity contribution is -0.108. The van der Waals surface area contributed by atoms with Crippen molar-refractivity contribution in [1.29, 1.82) is 0 Å². The Morgan fingerprint density at radius 3 is 2.12 bits per heavy atom. The topological polar surface area (TPSA) is 36.0 Å². The number of epoxide rings is 1. The summed E-state index contributed by atoms with van der Waals surface area (Å²) in [6, 6.07) is 0.515. The van der Waals surface area contributed by atoms with Crippen LogP contribution in [0.3, 0.4) is 0 Å². The average molecular weight is 340 g/mol. The van der Waals surface area contributed by atoms with Crippen LogP contribution in [-0.2, 0) is 4.74 Å². The first-order valence-corrected chi connectivity index (χ1v) is 10.8. The molecule has 0 aromatic heterocycles. The molecule has 0 aromatic rings. The molecule has 0 bridgehead atoms. The van der Waals surface area contributed by atoms with Gasteiger partial charge in [-0.15, -0.1) is 0 Å². The molecule has 2 fully saturated rings. The van der Waals surface area contributed by atoms with Gasteiger partial charge in [0.1, 0.15) is 6.10 Å². The maximum atomic E-state index is 11.0. The fourth-order valence-corrected chi connectivity index (χ4v) is 4.51. The Labute approximate surface area is 150 Å². The number of unbranched alkanes of at least 4 members (excludes halogenated alkanes) is 6. The fraction of sp³-hybridized carbons (Fsp3) is 1.00. The number of hydrogen-bond acceptors (Lipinski definition) is 3. The van der Waals surface area contributed by atoms with Gasteiger partial charge in [-0.1, -0.05) is 78.1 Å². The highest BCUT2D eigenvalue weighted by molar-refractivity contribution is 4.98. The van der Waals surface area contributed by atoms with Gasteiger partial charge in [0, 0.05) is 6.04 Å². The molecule has 3 nitrogen and oxygen atoms in total. The van der Waals surface area contributed by atoms with Gasteiger partial charge in [-0.2, -0.15) is 0 Å². The van der Waals surface area contributed by atoms with Crippen molar-refractivity contribution in [2.75, 3.05) is 7.05 Å². The van der Waals surface area contributed by atoms with E-state index in [9.17, 15) is 5.11 Å². The second kappa shape index (κ2) is 10.1. The van der Waals surface area contributed by atoms with Gasteiger partial charge in [-0.05, 0) is 38.6 Å². The van der Waals surface area contributed by atoms with Crippen LogP contribution in [0.25, 0.3) is 0 Å². The summed E-state index contributed by atoms with van der Waals surface area (Å²) < 4.78 is 5.93. The van der Waals surface area contributed by atoms with Crippen LogP contribution in [0, 0.1) is 5.92 Å². The van der Waals surface area contributed by atoms with Crippen LogP contribution in [0.2, 0.25) is 0 Å². The van der Waals surface area contributed by atoms with Gasteiger partial charge in [0.05, 0.1) is 0 Å². The van der Waals surface area contributed by atoms with Gasteiger partial charge < -0.3 is 9.84 Å². The van der Waals surface area contributed by atoms with Crippen molar-refractivity contribution in [2.45, 2.75) is 122 Å². The highest BCUT2D eigenvalue weighted by Gasteiger charge is 2.62. The molecule has 0 aromatic carbocycles. The van der Waals surface area contributed by atoms with E-state index in [1.165, 1.54) is 89.9 Å². The lowest BCUT2D eigenvalue weighted by Gasteiger charge is -2.28. The van der Waals surface area contributed by atoms with E-state index in [2.05, 4.69) is 25.8 Å². The molecule has 3 heteroatoms. The maximum Gasteiger partial charge on any atom is 0.256 e. The molecule has 3 atom stereocenters. The molecule has 0 spiro atoms. The van der Waals surface area contributed by atoms with Gasteiger partial charge in [-0.25, -0.2) is 0 Å². The fourth-order valence-electron chi connectivity index (χ4n) is 4.51. The standard InChI is InChI=1S/C21H41NO2/c1-4-6-8-9-11-15-18(14-10-7-5-2)20-21(23,24-20)22(3)19-16-12-13-17-19/h18-20,23H,4-17H2,1-3H3. The Hall–Kier alpha value is -0.120. The summed E-state index contributed by atoms with van der Waals surface area (Å²) in [6.07, 6.45) is 18.0. The first-order valence-electron chi connectivity index (χ1n) is 10.8. The highest BCUT2D eigenvalue weighted by Crippen LogP contribution is 2.47. The molecule has 2 aliphatic rings. The minimum absolute atomic E-state index is 0.0473. The van der Waals surface area contributed by atoms with Crippen LogP contribution in [0.5, 0.6) is 0 Å². The lowest BCUT2D eigenvalue weighted by atomic mass is 9.90. The zero-order chi connectivity index (χ0) is 17.4. The van der Waals surface area contributed by atoms with Crippen molar-refractivity contribution in [3.8, 4) is 0 Å². The van der Waals surface area contributed by atoms with E-state index in [0.29, 0.717) is 12.0 Å². The van der Waals surface area contributed by atoms with E-state index in [-0.39, 0.29) is 6.10 Å². The van der Waals surface area contributed by atoms with E-state index < -0.39 is 5.91 Å². The Morgan fingerprint density at radius 1 is 0.958 bits per heavy atom. The molecule has 1 saturated heterocycles. The number of rotatable bonds is 13. The van der Waals surface area contributed by atoms with Crippen molar-refractivity contribution in [1.82, 2.24) is 4.90 Å². The summed E-state index contributed by atoms with van der Waals surface area (Å²) in [6.45, 7) is 4.53. The van der Waals surface area contributed by atoms with Gasteiger partial charge >= 0.3 is 0 Å². The Morgan fingerprint density at radius 2 is 1.50 bits per heavy atom. The third kappa shape index (κ3) is 5.44. The molecule has 2 rings (SSSR count). The quantitative estimate of drug-likeness (QED) is 0.275. The first kappa shape index (κ1) is 20.2. The van der Waals surface area contributed by atoms with Crippen molar-refractivity contribution < 1.29 is 9.84 Å². The first-order chi connectivity index (χ1) is 11.6. The number of nitrogens with zero attached hydrogens (tertiary/aromatic N) is 1. The molecule has 1 aliphatic carbocycles. The van der Waals surface area contributed by atoms with Gasteiger partial charge in [0.25, 0.3) is 5.91 Å². The zero-order valence-electron chi connectivity index (χ0n) is 16.4. The van der Waals surface area contributed by atoms with Crippen molar-refractivity contribution in [3.05, 3.63) is 0 Å². The van der Waals surface area contributed by atoms with E-state index in [4.69, 9.17) is 4.74 Å². The van der Waals surface area contributed by atoms with Crippen LogP contribution < -0.4 is 0 Å². The molecule has 142 valence electrons. The highest BCUT2D eigenvalue weighted by atomic mass is 16.8. The minimum Gasteiger partial charge on any atom is -0.351 e. The normalized spacial score (nSPS) is 28.6. The second-order valence-electron chi connectivity index (χ2n) is 8.21. The number of likely N-dealkylation sites (N-methyl/N-ethyl adjacent to an activating group) is 1. The van der Waals surface area contributed by atoms with E-state index in [0.717, 1.165) is 0 Å². The van der Waals surface area contributed by atoms with Crippen molar-refractivity contribution in [3.63, 3.8) is 0 Å². The predicted molar refractivity (Wildman–Crippen MR) is 101 cm³/mol. The summed E-state index contributed by atoms with van der Waals surface area (Å²) >= 11 is 0. The number of ether oxygens (including phenoxy) is 1. The number of hydrogen-bond donors (Lipinski definition) is 1. The maximum absolute atomic E-state index is 11.0. The zero-order valence-corrected chi connectivity index (χ0v) is 16.4. The summed E-state index contributed by atoms with van der Waals surface area (Å²) in [5.74, 6) is -0.429. The number of aliphatic hydroxyl groups is 1. The molecular weight excluding hydrogens is 298 g/mol. The summed E-state index contributed by atoms with van der Waals surface area (Å²) in [5.41, 5.74) is 0. The van der Waals surface area contributed by atoms with Crippen LogP contribution in [0.15, 0.2) is 0 Å². The third-order valence-electron chi connectivity index (χ3n) is 6.28. The van der Waals surface area contributed by atoms with E-state index in [1.54, 1.807) is 0 Å². The largest absolute Gasteiger partial charge is 0.351 e. The second-order valence-corrected chi connectivity index (χ2v) is 8.21. The lowest BCUT2D eigenvalue weighted by Crippen LogP contribution is -2.44. The Bertz CT molecular complexity index is 343. The minimum atomic E-state index is -0.963. The molecule has 0 radical (unpaired) electrons. The average Bonchev–Trinajstić information content (AvgIpc) is 3.00. The Balaban J connectivity index is 1.82. The smallest absolute Gasteiger partial charge is 0.256 e. The van der Waals surface area contributed by atoms with Gasteiger partial charge in [0.15, 0.2) is 0 Å². The third-order valence-corrected chi connectivity index (χ3v) is 6.28. The SMILES string of the molecule is CCCCCCCC(CCCCC)C1OC1(O)N(C)C1CCCC1. The predicted octanol–water partition coefficient (Wildman–Crippen LogP) is 5.46. The molecule has 24 heavy (non-hydrogen) atoms. The molecule has 1 aliphatic heterocycles. The van der Waals surface area contributed by atoms with Gasteiger partial charge in [0.2, 0.25) is 0 Å². The van der Waals surface area contributed by atoms with Crippen LogP contribution >= 0.6 is 0 Å². The Kier molecular flexibility index (Phi) is 8.53. The van der Waals surface area contributed by atoms with Crippen LogP contribution in [0.4, 0.5) is 0 Å². The molecular formula is C21H41NO2. The summed E-state index contributed by atoms with van der Waals surface area (Å²) in [4.78, 5) is 2.15. The monoisotopic (exact) mass is 339 g/mol. The summed E-state index contributed by atoms with van der Waals surface area (Å²) in [5, 5.41) is 11.0. The van der Waals surface area contributed by atoms with Gasteiger partial charge in [-0.3, -0.25) is 4.90 Å². The van der Waals surface area contributed by atoms with E-state index >= 15 is 0 Å². The molecule has 1 N–H and O–H groups in total. The van der Waals surface area contributed by atoms with Crippen LogP contribution in [0.1, 0.15) is 104 Å². The van der Waals surface area contributed by atoms with E-state index in [1.807, 2.05) is 0 Å². The summed E-state index contributed by atoms with van der Waals surface area (Å²) in [7, 11) is 2.07. The van der Waals surface area contributed by atoms with Crippen LogP contribution in [-0.4, -0.2) is 35.1 Å². The van der Waals surface area contributed by atoms with Crippen molar-refractivity contribution in [2.24, 2.45) is 5.92 Å². The molecule has 3 unspecified atom stereocenters. The molecule has 1 saturated carbocycles. The van der Waals surface area contributed by atoms with Crippen molar-refractivity contribution >= 4 is 0 Å². The molecule has 1 heterocycles. The molecule has 0 amide bonds.